The summed E-state index contributed by atoms with van der Waals surface area (Å²) in [5.41, 5.74) is 1.93. The van der Waals surface area contributed by atoms with Gasteiger partial charge >= 0.3 is 6.18 Å². The molecule has 0 saturated carbocycles. The highest BCUT2D eigenvalue weighted by molar-refractivity contribution is 7.99. The second-order valence-electron chi connectivity index (χ2n) is 6.29. The van der Waals surface area contributed by atoms with E-state index in [0.717, 1.165) is 34.3 Å². The van der Waals surface area contributed by atoms with Crippen LogP contribution in [0.4, 0.5) is 18.9 Å². The van der Waals surface area contributed by atoms with Crippen molar-refractivity contribution in [2.75, 3.05) is 11.1 Å². The minimum absolute atomic E-state index is 0.154. The van der Waals surface area contributed by atoms with Crippen LogP contribution in [0.1, 0.15) is 11.1 Å². The van der Waals surface area contributed by atoms with Gasteiger partial charge in [0, 0.05) is 5.39 Å². The van der Waals surface area contributed by atoms with Crippen molar-refractivity contribution in [1.82, 2.24) is 20.2 Å². The van der Waals surface area contributed by atoms with E-state index in [-0.39, 0.29) is 16.6 Å². The zero-order valence-electron chi connectivity index (χ0n) is 15.0. The highest BCUT2D eigenvalue weighted by Gasteiger charge is 2.33. The number of halogens is 3. The molecule has 2 aromatic carbocycles. The van der Waals surface area contributed by atoms with Crippen LogP contribution in [0.3, 0.4) is 0 Å². The molecule has 29 heavy (non-hydrogen) atoms. The monoisotopic (exact) mass is 417 g/mol. The number of carbonyl (C=O) groups is 1. The number of amides is 1. The van der Waals surface area contributed by atoms with E-state index in [1.165, 1.54) is 18.2 Å². The number of rotatable bonds is 4. The van der Waals surface area contributed by atoms with Crippen LogP contribution in [0.15, 0.2) is 47.6 Å². The molecule has 2 aromatic heterocycles. The summed E-state index contributed by atoms with van der Waals surface area (Å²) >= 11 is 0.992. The fourth-order valence-corrected chi connectivity index (χ4v) is 3.53. The van der Waals surface area contributed by atoms with Gasteiger partial charge in [0.15, 0.2) is 5.65 Å². The van der Waals surface area contributed by atoms with Gasteiger partial charge in [-0.25, -0.2) is 4.98 Å². The van der Waals surface area contributed by atoms with Crippen molar-refractivity contribution < 1.29 is 18.0 Å². The molecule has 6 nitrogen and oxygen atoms in total. The van der Waals surface area contributed by atoms with Gasteiger partial charge in [-0.3, -0.25) is 4.79 Å². The van der Waals surface area contributed by atoms with Gasteiger partial charge in [0.1, 0.15) is 5.52 Å². The van der Waals surface area contributed by atoms with E-state index in [0.29, 0.717) is 11.2 Å². The molecule has 0 spiro atoms. The molecule has 0 radical (unpaired) electrons. The second-order valence-corrected chi connectivity index (χ2v) is 7.24. The van der Waals surface area contributed by atoms with E-state index in [2.05, 4.69) is 25.5 Å². The number of hydrogen-bond acceptors (Lipinski definition) is 5. The molecule has 10 heteroatoms. The summed E-state index contributed by atoms with van der Waals surface area (Å²) in [6, 6.07) is 10.6. The molecular formula is C19H14F3N5OS. The summed E-state index contributed by atoms with van der Waals surface area (Å²) in [6.07, 6.45) is -4.55. The van der Waals surface area contributed by atoms with E-state index >= 15 is 0 Å². The van der Waals surface area contributed by atoms with Crippen molar-refractivity contribution in [2.24, 2.45) is 0 Å². The molecule has 0 saturated heterocycles. The molecule has 1 amide bonds. The minimum Gasteiger partial charge on any atom is -0.337 e. The number of carbonyl (C=O) groups excluding carboxylic acids is 1. The van der Waals surface area contributed by atoms with Crippen LogP contribution < -0.4 is 5.32 Å². The molecule has 0 aliphatic heterocycles. The Morgan fingerprint density at radius 2 is 1.93 bits per heavy atom. The van der Waals surface area contributed by atoms with Gasteiger partial charge < -0.3 is 10.3 Å². The number of fused-ring (bicyclic) bond motifs is 3. The van der Waals surface area contributed by atoms with E-state index < -0.39 is 17.6 Å². The van der Waals surface area contributed by atoms with Gasteiger partial charge in [0.2, 0.25) is 11.1 Å². The molecule has 0 bridgehead atoms. The van der Waals surface area contributed by atoms with Crippen molar-refractivity contribution >= 4 is 45.4 Å². The van der Waals surface area contributed by atoms with Gasteiger partial charge in [0.25, 0.3) is 0 Å². The third kappa shape index (κ3) is 3.88. The molecule has 0 fully saturated rings. The predicted octanol–water partition coefficient (Wildman–Crippen LogP) is 4.56. The van der Waals surface area contributed by atoms with Crippen LogP contribution >= 0.6 is 11.8 Å². The summed E-state index contributed by atoms with van der Waals surface area (Å²) in [5.74, 6) is -0.749. The van der Waals surface area contributed by atoms with Crippen molar-refractivity contribution in [2.45, 2.75) is 18.3 Å². The molecule has 0 atom stereocenters. The lowest BCUT2D eigenvalue weighted by Crippen LogP contribution is -2.18. The summed E-state index contributed by atoms with van der Waals surface area (Å²) in [6.45, 7) is 1.96. The molecule has 0 aliphatic rings. The number of alkyl halides is 3. The van der Waals surface area contributed by atoms with Crippen molar-refractivity contribution in [3.8, 4) is 0 Å². The first kappa shape index (κ1) is 19.2. The molecule has 0 aliphatic carbocycles. The Morgan fingerprint density at radius 3 is 2.72 bits per heavy atom. The molecule has 4 rings (SSSR count). The maximum absolute atomic E-state index is 13.0. The lowest BCUT2D eigenvalue weighted by atomic mass is 10.1. The second kappa shape index (κ2) is 7.36. The molecular weight excluding hydrogens is 403 g/mol. The summed E-state index contributed by atoms with van der Waals surface area (Å²) < 4.78 is 39.1. The number of hydrogen-bond donors (Lipinski definition) is 2. The number of para-hydroxylation sites is 2. The SMILES string of the molecule is Cc1cccc2c1[nH]c1nc(SCC(=O)Nc3ccccc3C(F)(F)F)nnc12. The van der Waals surface area contributed by atoms with Crippen LogP contribution in [0.5, 0.6) is 0 Å². The molecule has 0 unspecified atom stereocenters. The normalized spacial score (nSPS) is 11.9. The first-order valence-electron chi connectivity index (χ1n) is 8.53. The smallest absolute Gasteiger partial charge is 0.337 e. The fraction of sp³-hybridized carbons (Fsp3) is 0.158. The summed E-state index contributed by atoms with van der Waals surface area (Å²) in [4.78, 5) is 19.7. The Morgan fingerprint density at radius 1 is 1.14 bits per heavy atom. The van der Waals surface area contributed by atoms with Crippen LogP contribution in [0.2, 0.25) is 0 Å². The standard InChI is InChI=1S/C19H14F3N5OS/c1-10-5-4-6-11-15(10)24-17-16(11)26-27-18(25-17)29-9-14(28)23-13-8-3-2-7-12(13)19(20,21)22/h2-8H,9H2,1H3,(H,23,28)(H,24,25,27). The summed E-state index contributed by atoms with van der Waals surface area (Å²) in [7, 11) is 0. The zero-order valence-corrected chi connectivity index (χ0v) is 15.9. The van der Waals surface area contributed by atoms with Crippen molar-refractivity contribution in [3.05, 3.63) is 53.6 Å². The Bertz CT molecular complexity index is 1220. The first-order valence-corrected chi connectivity index (χ1v) is 9.52. The number of H-pyrrole nitrogens is 1. The molecule has 2 heterocycles. The van der Waals surface area contributed by atoms with Gasteiger partial charge in [-0.15, -0.1) is 10.2 Å². The van der Waals surface area contributed by atoms with E-state index in [9.17, 15) is 18.0 Å². The van der Waals surface area contributed by atoms with E-state index in [4.69, 9.17) is 0 Å². The number of nitrogens with zero attached hydrogens (tertiary/aromatic N) is 3. The van der Waals surface area contributed by atoms with E-state index in [1.54, 1.807) is 0 Å². The Labute approximate surface area is 166 Å². The van der Waals surface area contributed by atoms with Gasteiger partial charge in [0.05, 0.1) is 22.5 Å². The maximum atomic E-state index is 13.0. The molecule has 4 aromatic rings. The van der Waals surface area contributed by atoms with Gasteiger partial charge in [-0.1, -0.05) is 42.1 Å². The number of thioether (sulfide) groups is 1. The van der Waals surface area contributed by atoms with Crippen molar-refractivity contribution in [3.63, 3.8) is 0 Å². The third-order valence-corrected chi connectivity index (χ3v) is 5.12. The number of aryl methyl sites for hydroxylation is 1. The molecule has 2 N–H and O–H groups in total. The third-order valence-electron chi connectivity index (χ3n) is 4.28. The topological polar surface area (TPSA) is 83.6 Å². The highest BCUT2D eigenvalue weighted by Crippen LogP contribution is 2.34. The first-order chi connectivity index (χ1) is 13.8. The largest absolute Gasteiger partial charge is 0.418 e. The fourth-order valence-electron chi connectivity index (χ4n) is 2.95. The lowest BCUT2D eigenvalue weighted by Gasteiger charge is -2.13. The number of benzene rings is 2. The zero-order chi connectivity index (χ0) is 20.6. The van der Waals surface area contributed by atoms with Gasteiger partial charge in [-0.05, 0) is 24.6 Å². The van der Waals surface area contributed by atoms with Crippen LogP contribution in [-0.4, -0.2) is 31.8 Å². The quantitative estimate of drug-likeness (QED) is 0.476. The van der Waals surface area contributed by atoms with E-state index in [1.807, 2.05) is 25.1 Å². The average Bonchev–Trinajstić information content (AvgIpc) is 3.05. The average molecular weight is 417 g/mol. The van der Waals surface area contributed by atoms with Crippen LogP contribution in [-0.2, 0) is 11.0 Å². The van der Waals surface area contributed by atoms with Crippen LogP contribution in [0, 0.1) is 6.92 Å². The van der Waals surface area contributed by atoms with Gasteiger partial charge in [-0.2, -0.15) is 13.2 Å². The Hall–Kier alpha value is -3.14. The minimum atomic E-state index is -4.55. The lowest BCUT2D eigenvalue weighted by molar-refractivity contribution is -0.137. The number of aromatic amines is 1. The van der Waals surface area contributed by atoms with Crippen molar-refractivity contribution in [1.29, 1.82) is 0 Å². The Balaban J connectivity index is 1.49. The molecule has 148 valence electrons. The number of nitrogens with one attached hydrogen (secondary N) is 2. The maximum Gasteiger partial charge on any atom is 0.418 e. The Kier molecular flexibility index (Phi) is 4.87. The highest BCUT2D eigenvalue weighted by atomic mass is 32.2. The number of aromatic nitrogens is 4. The number of anilines is 1. The summed E-state index contributed by atoms with van der Waals surface area (Å²) in [5, 5.41) is 11.6. The predicted molar refractivity (Wildman–Crippen MR) is 105 cm³/mol. The van der Waals surface area contributed by atoms with Crippen LogP contribution in [0.25, 0.3) is 22.1 Å².